The van der Waals surface area contributed by atoms with E-state index in [9.17, 15) is 26.4 Å². The fourth-order valence-corrected chi connectivity index (χ4v) is 3.34. The molecule has 140 valence electrons. The van der Waals surface area contributed by atoms with E-state index in [4.69, 9.17) is 0 Å². The minimum Gasteiger partial charge on any atom is -0.326 e. The van der Waals surface area contributed by atoms with Gasteiger partial charge in [-0.15, -0.1) is 0 Å². The minimum atomic E-state index is -4.14. The molecular formula is C17H17F3N2O3S. The SMILES string of the molecule is Cc1cc(F)ccc1NC(=O)CCCNS(=O)(=O)c1ccc(F)cc1F. The van der Waals surface area contributed by atoms with Gasteiger partial charge in [-0.1, -0.05) is 0 Å². The Morgan fingerprint density at radius 2 is 1.69 bits per heavy atom. The maximum Gasteiger partial charge on any atom is 0.243 e. The van der Waals surface area contributed by atoms with E-state index in [0.717, 1.165) is 12.1 Å². The molecule has 2 aromatic rings. The van der Waals surface area contributed by atoms with Crippen molar-refractivity contribution in [1.82, 2.24) is 4.72 Å². The van der Waals surface area contributed by atoms with Crippen LogP contribution < -0.4 is 10.0 Å². The van der Waals surface area contributed by atoms with Gasteiger partial charge in [0.25, 0.3) is 0 Å². The molecule has 0 saturated heterocycles. The summed E-state index contributed by atoms with van der Waals surface area (Å²) in [6.07, 6.45) is 0.166. The van der Waals surface area contributed by atoms with Crippen LogP contribution >= 0.6 is 0 Å². The molecule has 26 heavy (non-hydrogen) atoms. The van der Waals surface area contributed by atoms with Crippen molar-refractivity contribution in [3.63, 3.8) is 0 Å². The molecule has 0 unspecified atom stereocenters. The molecule has 0 atom stereocenters. The molecule has 2 N–H and O–H groups in total. The van der Waals surface area contributed by atoms with E-state index in [2.05, 4.69) is 10.0 Å². The van der Waals surface area contributed by atoms with Crippen molar-refractivity contribution < 1.29 is 26.4 Å². The molecule has 0 aliphatic carbocycles. The number of hydrogen-bond donors (Lipinski definition) is 2. The lowest BCUT2D eigenvalue weighted by Gasteiger charge is -2.09. The van der Waals surface area contributed by atoms with E-state index in [1.165, 1.54) is 18.2 Å². The quantitative estimate of drug-likeness (QED) is 0.718. The number of amides is 1. The molecule has 0 radical (unpaired) electrons. The summed E-state index contributed by atoms with van der Waals surface area (Å²) in [4.78, 5) is 11.2. The Labute approximate surface area is 149 Å². The first-order valence-corrected chi connectivity index (χ1v) is 9.18. The summed E-state index contributed by atoms with van der Waals surface area (Å²) in [5, 5.41) is 2.60. The summed E-state index contributed by atoms with van der Waals surface area (Å²) in [5.41, 5.74) is 1.02. The van der Waals surface area contributed by atoms with Gasteiger partial charge in [0.15, 0.2) is 0 Å². The lowest BCUT2D eigenvalue weighted by atomic mass is 10.2. The third kappa shape index (κ3) is 5.30. The standard InChI is InChI=1S/C17H17F3N2O3S/c1-11-9-12(18)4-6-15(11)22-17(23)3-2-8-21-26(24,25)16-7-5-13(19)10-14(16)20/h4-7,9-10,21H,2-3,8H2,1H3,(H,22,23). The van der Waals surface area contributed by atoms with Gasteiger partial charge >= 0.3 is 0 Å². The minimum absolute atomic E-state index is 0.00519. The van der Waals surface area contributed by atoms with Gasteiger partial charge < -0.3 is 5.32 Å². The highest BCUT2D eigenvalue weighted by Crippen LogP contribution is 2.17. The number of halogens is 3. The van der Waals surface area contributed by atoms with Crippen LogP contribution in [0.15, 0.2) is 41.3 Å². The molecule has 0 aliphatic rings. The van der Waals surface area contributed by atoms with Crippen molar-refractivity contribution in [3.05, 3.63) is 59.4 Å². The number of hydrogen-bond acceptors (Lipinski definition) is 3. The lowest BCUT2D eigenvalue weighted by Crippen LogP contribution is -2.26. The van der Waals surface area contributed by atoms with Gasteiger partial charge in [-0.2, -0.15) is 0 Å². The highest BCUT2D eigenvalue weighted by atomic mass is 32.2. The van der Waals surface area contributed by atoms with Crippen LogP contribution in [0, 0.1) is 24.4 Å². The van der Waals surface area contributed by atoms with Crippen LogP contribution in [0.1, 0.15) is 18.4 Å². The van der Waals surface area contributed by atoms with Crippen LogP contribution in [0.3, 0.4) is 0 Å². The Morgan fingerprint density at radius 3 is 2.35 bits per heavy atom. The maximum absolute atomic E-state index is 13.5. The Morgan fingerprint density at radius 1 is 1.04 bits per heavy atom. The van der Waals surface area contributed by atoms with Gasteiger partial charge in [0.1, 0.15) is 22.3 Å². The summed E-state index contributed by atoms with van der Waals surface area (Å²) in [7, 11) is -4.14. The fraction of sp³-hybridized carbons (Fsp3) is 0.235. The number of carbonyl (C=O) groups is 1. The van der Waals surface area contributed by atoms with Crippen LogP contribution in [-0.2, 0) is 14.8 Å². The Kier molecular flexibility index (Phi) is 6.38. The molecule has 0 heterocycles. The summed E-state index contributed by atoms with van der Waals surface area (Å²) in [6.45, 7) is 1.54. The first-order valence-electron chi connectivity index (χ1n) is 7.70. The van der Waals surface area contributed by atoms with E-state index in [1.54, 1.807) is 6.92 Å². The highest BCUT2D eigenvalue weighted by molar-refractivity contribution is 7.89. The van der Waals surface area contributed by atoms with Crippen molar-refractivity contribution in [1.29, 1.82) is 0 Å². The summed E-state index contributed by atoms with van der Waals surface area (Å²) >= 11 is 0. The van der Waals surface area contributed by atoms with E-state index in [0.29, 0.717) is 17.3 Å². The number of sulfonamides is 1. The molecule has 2 rings (SSSR count). The largest absolute Gasteiger partial charge is 0.326 e. The Bertz CT molecular complexity index is 917. The van der Waals surface area contributed by atoms with Crippen molar-refractivity contribution in [2.45, 2.75) is 24.7 Å². The zero-order valence-corrected chi connectivity index (χ0v) is 14.7. The molecule has 0 fully saturated rings. The maximum atomic E-state index is 13.5. The average Bonchev–Trinajstić information content (AvgIpc) is 2.54. The molecule has 0 bridgehead atoms. The molecule has 0 spiro atoms. The molecule has 0 saturated carbocycles. The van der Waals surface area contributed by atoms with Crippen molar-refractivity contribution in [2.24, 2.45) is 0 Å². The molecule has 5 nitrogen and oxygen atoms in total. The number of nitrogens with one attached hydrogen (secondary N) is 2. The van der Waals surface area contributed by atoms with E-state index in [1.807, 2.05) is 0 Å². The second kappa shape index (κ2) is 8.33. The van der Waals surface area contributed by atoms with Gasteiger partial charge in [-0.05, 0) is 49.2 Å². The fourth-order valence-electron chi connectivity index (χ4n) is 2.21. The van der Waals surface area contributed by atoms with Crippen LogP contribution in [-0.4, -0.2) is 20.9 Å². The third-order valence-corrected chi connectivity index (χ3v) is 5.01. The molecule has 0 aromatic heterocycles. The number of anilines is 1. The highest BCUT2D eigenvalue weighted by Gasteiger charge is 2.19. The predicted octanol–water partition coefficient (Wildman–Crippen LogP) is 3.11. The summed E-state index contributed by atoms with van der Waals surface area (Å²) in [5.74, 6) is -2.86. The monoisotopic (exact) mass is 386 g/mol. The Balaban J connectivity index is 1.84. The van der Waals surface area contributed by atoms with Crippen LogP contribution in [0.4, 0.5) is 18.9 Å². The molecule has 1 amide bonds. The van der Waals surface area contributed by atoms with Gasteiger partial charge in [0, 0.05) is 24.7 Å². The number of benzene rings is 2. The predicted molar refractivity (Wildman–Crippen MR) is 90.5 cm³/mol. The van der Waals surface area contributed by atoms with Crippen molar-refractivity contribution >= 4 is 21.6 Å². The molecule has 9 heteroatoms. The summed E-state index contributed by atoms with van der Waals surface area (Å²) < 4.78 is 65.5. The Hall–Kier alpha value is -2.39. The number of carbonyl (C=O) groups excluding carboxylic acids is 1. The van der Waals surface area contributed by atoms with Crippen LogP contribution in [0.5, 0.6) is 0 Å². The third-order valence-electron chi connectivity index (χ3n) is 3.52. The molecule has 2 aromatic carbocycles. The normalized spacial score (nSPS) is 11.4. The van der Waals surface area contributed by atoms with Crippen LogP contribution in [0.2, 0.25) is 0 Å². The second-order valence-electron chi connectivity index (χ2n) is 5.58. The first-order chi connectivity index (χ1) is 12.2. The lowest BCUT2D eigenvalue weighted by molar-refractivity contribution is -0.116. The second-order valence-corrected chi connectivity index (χ2v) is 7.32. The van der Waals surface area contributed by atoms with Gasteiger partial charge in [0.2, 0.25) is 15.9 Å². The smallest absolute Gasteiger partial charge is 0.243 e. The van der Waals surface area contributed by atoms with Crippen LogP contribution in [0.25, 0.3) is 0 Å². The molecular weight excluding hydrogens is 369 g/mol. The van der Waals surface area contributed by atoms with E-state index in [-0.39, 0.29) is 25.3 Å². The summed E-state index contributed by atoms with van der Waals surface area (Å²) in [6, 6.07) is 6.08. The van der Waals surface area contributed by atoms with Gasteiger partial charge in [-0.3, -0.25) is 4.79 Å². The first kappa shape index (κ1) is 19.9. The van der Waals surface area contributed by atoms with Crippen molar-refractivity contribution in [3.8, 4) is 0 Å². The average molecular weight is 386 g/mol. The van der Waals surface area contributed by atoms with E-state index < -0.39 is 32.4 Å². The number of aryl methyl sites for hydroxylation is 1. The van der Waals surface area contributed by atoms with Gasteiger partial charge in [0.05, 0.1) is 0 Å². The van der Waals surface area contributed by atoms with E-state index >= 15 is 0 Å². The molecule has 0 aliphatic heterocycles. The number of rotatable bonds is 7. The van der Waals surface area contributed by atoms with Crippen molar-refractivity contribution in [2.75, 3.05) is 11.9 Å². The zero-order valence-electron chi connectivity index (χ0n) is 13.9. The zero-order chi connectivity index (χ0) is 19.3. The topological polar surface area (TPSA) is 75.3 Å². The van der Waals surface area contributed by atoms with Gasteiger partial charge in [-0.25, -0.2) is 26.3 Å².